The average Bonchev–Trinajstić information content (AvgIpc) is 2.75. The topological polar surface area (TPSA) is 33.2 Å². The van der Waals surface area contributed by atoms with E-state index in [0.717, 1.165) is 11.6 Å². The van der Waals surface area contributed by atoms with Crippen molar-refractivity contribution in [1.82, 2.24) is 4.98 Å². The van der Waals surface area contributed by atoms with E-state index in [1.165, 1.54) is 11.3 Å². The minimum absolute atomic E-state index is 0.00552. The summed E-state index contributed by atoms with van der Waals surface area (Å²) in [5.41, 5.74) is 0.476. The molecule has 0 aliphatic rings. The van der Waals surface area contributed by atoms with Crippen LogP contribution >= 0.6 is 22.9 Å². The molecule has 1 rings (SSSR count). The molecule has 0 fully saturated rings. The Balaban J connectivity index is 2.72. The second kappa shape index (κ2) is 6.36. The Morgan fingerprint density at radius 1 is 1.53 bits per heavy atom. The van der Waals surface area contributed by atoms with E-state index in [4.69, 9.17) is 11.6 Å². The number of rotatable bonds is 6. The molecule has 0 amide bonds. The number of thiazole rings is 1. The Hall–Kier alpha value is -0.610. The maximum absolute atomic E-state index is 11.4. The van der Waals surface area contributed by atoms with Gasteiger partial charge in [-0.2, -0.15) is 0 Å². The lowest BCUT2D eigenvalue weighted by Gasteiger charge is -2.25. The summed E-state index contributed by atoms with van der Waals surface area (Å²) in [7, 11) is 2.01. The predicted molar refractivity (Wildman–Crippen MR) is 74.5 cm³/mol. The van der Waals surface area contributed by atoms with Gasteiger partial charge in [0.2, 0.25) is 0 Å². The number of carbonyl (C=O) groups is 1. The summed E-state index contributed by atoms with van der Waals surface area (Å²) < 4.78 is 0. The van der Waals surface area contributed by atoms with Crippen LogP contribution in [0.15, 0.2) is 5.38 Å². The van der Waals surface area contributed by atoms with Crippen LogP contribution in [0.3, 0.4) is 0 Å². The van der Waals surface area contributed by atoms with E-state index >= 15 is 0 Å². The van der Waals surface area contributed by atoms with Gasteiger partial charge in [-0.1, -0.05) is 13.8 Å². The van der Waals surface area contributed by atoms with E-state index in [9.17, 15) is 4.79 Å². The van der Waals surface area contributed by atoms with Gasteiger partial charge in [0.25, 0.3) is 0 Å². The zero-order chi connectivity index (χ0) is 13.0. The lowest BCUT2D eigenvalue weighted by molar-refractivity contribution is 0.101. The van der Waals surface area contributed by atoms with Gasteiger partial charge in [-0.05, 0) is 19.3 Å². The van der Waals surface area contributed by atoms with Crippen LogP contribution < -0.4 is 4.90 Å². The zero-order valence-electron chi connectivity index (χ0n) is 10.7. The molecule has 3 nitrogen and oxygen atoms in total. The minimum atomic E-state index is -0.112. The molecule has 5 heteroatoms. The fourth-order valence-corrected chi connectivity index (χ4v) is 2.69. The summed E-state index contributed by atoms with van der Waals surface area (Å²) in [5, 5.41) is 2.66. The van der Waals surface area contributed by atoms with E-state index in [-0.39, 0.29) is 11.7 Å². The molecule has 0 spiro atoms. The number of aromatic nitrogens is 1. The third-order valence-corrected chi connectivity index (χ3v) is 3.85. The lowest BCUT2D eigenvalue weighted by atomic mass is 10.0. The van der Waals surface area contributed by atoms with Crippen LogP contribution in [0.1, 0.15) is 37.7 Å². The number of carbonyl (C=O) groups excluding carboxylic acids is 1. The third-order valence-electron chi connectivity index (χ3n) is 2.67. The van der Waals surface area contributed by atoms with E-state index in [1.54, 1.807) is 5.38 Å². The van der Waals surface area contributed by atoms with Gasteiger partial charge in [0, 0.05) is 18.5 Å². The second-order valence-corrected chi connectivity index (χ2v) is 5.77. The van der Waals surface area contributed by atoms with Crippen molar-refractivity contribution in [3.63, 3.8) is 0 Å². The van der Waals surface area contributed by atoms with Gasteiger partial charge in [-0.3, -0.25) is 4.79 Å². The van der Waals surface area contributed by atoms with Gasteiger partial charge >= 0.3 is 0 Å². The van der Waals surface area contributed by atoms with E-state index in [2.05, 4.69) is 30.7 Å². The smallest absolute Gasteiger partial charge is 0.196 e. The summed E-state index contributed by atoms with van der Waals surface area (Å²) in [5.74, 6) is 0.532. The van der Waals surface area contributed by atoms with Crippen molar-refractivity contribution in [2.24, 2.45) is 5.92 Å². The van der Waals surface area contributed by atoms with Crippen LogP contribution in [0.25, 0.3) is 0 Å². The van der Waals surface area contributed by atoms with Crippen molar-refractivity contribution < 1.29 is 4.79 Å². The molecule has 0 aliphatic heterocycles. The molecule has 17 heavy (non-hydrogen) atoms. The van der Waals surface area contributed by atoms with E-state index in [1.807, 2.05) is 7.05 Å². The Morgan fingerprint density at radius 2 is 2.18 bits per heavy atom. The highest BCUT2D eigenvalue weighted by Crippen LogP contribution is 2.23. The SMILES string of the molecule is CC(C)CC(C)N(C)c1nc(C(=O)CCl)cs1. The van der Waals surface area contributed by atoms with Crippen LogP contribution in [0.4, 0.5) is 5.13 Å². The number of ketones is 1. The van der Waals surface area contributed by atoms with Crippen LogP contribution in [0, 0.1) is 5.92 Å². The average molecular weight is 275 g/mol. The van der Waals surface area contributed by atoms with Gasteiger partial charge in [0.05, 0.1) is 5.88 Å². The van der Waals surface area contributed by atoms with E-state index in [0.29, 0.717) is 17.7 Å². The van der Waals surface area contributed by atoms with Crippen LogP contribution in [0.5, 0.6) is 0 Å². The highest BCUT2D eigenvalue weighted by molar-refractivity contribution is 7.14. The quantitative estimate of drug-likeness (QED) is 0.589. The number of Topliss-reactive ketones (excluding diaryl/α,β-unsaturated/α-hetero) is 1. The van der Waals surface area contributed by atoms with Gasteiger partial charge in [0.1, 0.15) is 5.69 Å². The first-order valence-corrected chi connectivity index (χ1v) is 7.14. The fourth-order valence-electron chi connectivity index (χ4n) is 1.65. The fraction of sp³-hybridized carbons (Fsp3) is 0.667. The molecule has 0 N–H and O–H groups in total. The molecule has 1 unspecified atom stereocenters. The lowest BCUT2D eigenvalue weighted by Crippen LogP contribution is -2.30. The molecule has 0 aliphatic carbocycles. The first-order valence-electron chi connectivity index (χ1n) is 5.73. The molecule has 0 saturated heterocycles. The molecule has 0 aromatic carbocycles. The highest BCUT2D eigenvalue weighted by atomic mass is 35.5. The second-order valence-electron chi connectivity index (χ2n) is 4.66. The molecular formula is C12H19ClN2OS. The first kappa shape index (κ1) is 14.5. The number of hydrogen-bond acceptors (Lipinski definition) is 4. The molecule has 1 aromatic rings. The highest BCUT2D eigenvalue weighted by Gasteiger charge is 2.16. The van der Waals surface area contributed by atoms with Gasteiger partial charge < -0.3 is 4.90 Å². The van der Waals surface area contributed by atoms with E-state index < -0.39 is 0 Å². The van der Waals surface area contributed by atoms with Crippen molar-refractivity contribution >= 4 is 33.9 Å². The normalized spacial score (nSPS) is 12.8. The zero-order valence-corrected chi connectivity index (χ0v) is 12.3. The Kier molecular flexibility index (Phi) is 5.40. The molecule has 0 bridgehead atoms. The molecular weight excluding hydrogens is 256 g/mol. The predicted octanol–water partition coefficient (Wildman–Crippen LogP) is 3.44. The Bertz CT molecular complexity index is 378. The van der Waals surface area contributed by atoms with Crippen molar-refractivity contribution in [2.75, 3.05) is 17.8 Å². The first-order chi connectivity index (χ1) is 7.95. The van der Waals surface area contributed by atoms with Crippen LogP contribution in [-0.4, -0.2) is 29.7 Å². The number of halogens is 1. The van der Waals surface area contributed by atoms with Crippen LogP contribution in [-0.2, 0) is 0 Å². The standard InChI is InChI=1S/C12H19ClN2OS/c1-8(2)5-9(3)15(4)12-14-10(7-17-12)11(16)6-13/h7-9H,5-6H2,1-4H3. The summed E-state index contributed by atoms with van der Waals surface area (Å²) in [6.07, 6.45) is 1.11. The summed E-state index contributed by atoms with van der Waals surface area (Å²) in [4.78, 5) is 17.8. The molecule has 0 radical (unpaired) electrons. The summed E-state index contributed by atoms with van der Waals surface area (Å²) in [6, 6.07) is 0.417. The van der Waals surface area contributed by atoms with Gasteiger partial charge in [-0.25, -0.2) is 4.98 Å². The van der Waals surface area contributed by atoms with Crippen molar-refractivity contribution in [3.8, 4) is 0 Å². The summed E-state index contributed by atoms with van der Waals surface area (Å²) in [6.45, 7) is 6.58. The van der Waals surface area contributed by atoms with Crippen molar-refractivity contribution in [3.05, 3.63) is 11.1 Å². The number of nitrogens with zero attached hydrogens (tertiary/aromatic N) is 2. The molecule has 1 aromatic heterocycles. The van der Waals surface area contributed by atoms with Crippen LogP contribution in [0.2, 0.25) is 0 Å². The number of alkyl halides is 1. The molecule has 96 valence electrons. The maximum atomic E-state index is 11.4. The molecule has 1 heterocycles. The Labute approximate surface area is 112 Å². The summed E-state index contributed by atoms with van der Waals surface area (Å²) >= 11 is 7.00. The molecule has 0 saturated carbocycles. The monoisotopic (exact) mass is 274 g/mol. The largest absolute Gasteiger partial charge is 0.348 e. The van der Waals surface area contributed by atoms with Crippen molar-refractivity contribution in [2.45, 2.75) is 33.2 Å². The molecule has 1 atom stereocenters. The number of anilines is 1. The Morgan fingerprint density at radius 3 is 2.71 bits per heavy atom. The number of hydrogen-bond donors (Lipinski definition) is 0. The van der Waals surface area contributed by atoms with Crippen molar-refractivity contribution in [1.29, 1.82) is 0 Å². The maximum Gasteiger partial charge on any atom is 0.196 e. The minimum Gasteiger partial charge on any atom is -0.348 e. The van der Waals surface area contributed by atoms with Gasteiger partial charge in [-0.15, -0.1) is 22.9 Å². The third kappa shape index (κ3) is 3.96. The van der Waals surface area contributed by atoms with Gasteiger partial charge in [0.15, 0.2) is 10.9 Å².